The van der Waals surface area contributed by atoms with Crippen molar-refractivity contribution in [2.75, 3.05) is 0 Å². The number of carbonyl (C=O) groups is 2. The van der Waals surface area contributed by atoms with E-state index in [2.05, 4.69) is 6.92 Å². The van der Waals surface area contributed by atoms with Crippen molar-refractivity contribution < 1.29 is 9.59 Å². The summed E-state index contributed by atoms with van der Waals surface area (Å²) in [7, 11) is 0. The molecule has 5 fully saturated rings. The third kappa shape index (κ3) is 1.32. The summed E-state index contributed by atoms with van der Waals surface area (Å²) in [5, 5.41) is 0. The van der Waals surface area contributed by atoms with Gasteiger partial charge in [0, 0.05) is 24.7 Å². The van der Waals surface area contributed by atoms with Crippen molar-refractivity contribution in [1.29, 1.82) is 0 Å². The summed E-state index contributed by atoms with van der Waals surface area (Å²) in [6, 6.07) is 0. The highest BCUT2D eigenvalue weighted by Gasteiger charge is 2.75. The summed E-state index contributed by atoms with van der Waals surface area (Å²) in [4.78, 5) is 24.3. The standard InChI is InChI=1S/C19H26O2/c1-17-7-6-15-13(14(17)2-3-16(17)21)5-8-18-10-12(20)4-9-19(15,18)11-18/h13-15H,2-11H2,1H3/t13-,14-,15-,17-,18-,19-/m0/s1. The Hall–Kier alpha value is -0.660. The third-order valence-corrected chi connectivity index (χ3v) is 8.78. The fourth-order valence-corrected chi connectivity index (χ4v) is 7.71. The fourth-order valence-electron chi connectivity index (χ4n) is 7.71. The molecule has 0 aromatic heterocycles. The van der Waals surface area contributed by atoms with Crippen molar-refractivity contribution in [2.24, 2.45) is 34.0 Å². The first-order valence-corrected chi connectivity index (χ1v) is 9.06. The quantitative estimate of drug-likeness (QED) is 0.676. The lowest BCUT2D eigenvalue weighted by atomic mass is 9.50. The van der Waals surface area contributed by atoms with Gasteiger partial charge in [-0.2, -0.15) is 0 Å². The van der Waals surface area contributed by atoms with Gasteiger partial charge in [0.1, 0.15) is 11.6 Å². The van der Waals surface area contributed by atoms with E-state index in [1.54, 1.807) is 0 Å². The van der Waals surface area contributed by atoms with E-state index in [1.807, 2.05) is 0 Å². The van der Waals surface area contributed by atoms with Crippen molar-refractivity contribution in [3.8, 4) is 0 Å². The van der Waals surface area contributed by atoms with Crippen LogP contribution in [0.2, 0.25) is 0 Å². The Labute approximate surface area is 127 Å². The van der Waals surface area contributed by atoms with Crippen LogP contribution in [0.3, 0.4) is 0 Å². The second-order valence-electron chi connectivity index (χ2n) is 9.16. The summed E-state index contributed by atoms with van der Waals surface area (Å²) in [5.74, 6) is 3.37. The first-order valence-electron chi connectivity index (χ1n) is 9.06. The van der Waals surface area contributed by atoms with Gasteiger partial charge in [-0.1, -0.05) is 6.92 Å². The number of carbonyl (C=O) groups excluding carboxylic acids is 2. The van der Waals surface area contributed by atoms with Crippen LogP contribution in [0.1, 0.15) is 71.1 Å². The van der Waals surface area contributed by atoms with Gasteiger partial charge in [0.25, 0.3) is 0 Å². The van der Waals surface area contributed by atoms with Gasteiger partial charge in [-0.15, -0.1) is 0 Å². The molecule has 0 saturated heterocycles. The van der Waals surface area contributed by atoms with E-state index >= 15 is 0 Å². The Kier molecular flexibility index (Phi) is 2.22. The van der Waals surface area contributed by atoms with Crippen LogP contribution in [-0.4, -0.2) is 11.6 Å². The normalized spacial score (nSPS) is 58.0. The van der Waals surface area contributed by atoms with E-state index < -0.39 is 0 Å². The van der Waals surface area contributed by atoms with Crippen LogP contribution in [0.5, 0.6) is 0 Å². The van der Waals surface area contributed by atoms with Gasteiger partial charge in [-0.3, -0.25) is 9.59 Å². The molecule has 21 heavy (non-hydrogen) atoms. The summed E-state index contributed by atoms with van der Waals surface area (Å²) in [6.45, 7) is 2.26. The summed E-state index contributed by atoms with van der Waals surface area (Å²) >= 11 is 0. The molecule has 0 amide bonds. The van der Waals surface area contributed by atoms with E-state index in [0.29, 0.717) is 28.3 Å². The van der Waals surface area contributed by atoms with Crippen molar-refractivity contribution >= 4 is 11.6 Å². The summed E-state index contributed by atoms with van der Waals surface area (Å²) < 4.78 is 0. The van der Waals surface area contributed by atoms with E-state index in [9.17, 15) is 9.59 Å². The second-order valence-corrected chi connectivity index (χ2v) is 9.16. The minimum Gasteiger partial charge on any atom is -0.300 e. The Morgan fingerprint density at radius 1 is 0.952 bits per heavy atom. The molecule has 0 heterocycles. The number of rotatable bonds is 0. The molecule has 0 spiro atoms. The number of hydrogen-bond donors (Lipinski definition) is 0. The van der Waals surface area contributed by atoms with Crippen LogP contribution in [-0.2, 0) is 9.59 Å². The van der Waals surface area contributed by atoms with E-state index in [1.165, 1.54) is 32.1 Å². The number of hydrogen-bond acceptors (Lipinski definition) is 2. The Morgan fingerprint density at radius 3 is 2.67 bits per heavy atom. The Morgan fingerprint density at radius 2 is 1.81 bits per heavy atom. The zero-order valence-electron chi connectivity index (χ0n) is 13.1. The molecule has 5 aliphatic carbocycles. The molecule has 2 nitrogen and oxygen atoms in total. The number of ketones is 2. The maximum Gasteiger partial charge on any atom is 0.139 e. The second kappa shape index (κ2) is 3.63. The molecule has 5 aliphatic rings. The van der Waals surface area contributed by atoms with Crippen LogP contribution in [0.4, 0.5) is 0 Å². The van der Waals surface area contributed by atoms with Gasteiger partial charge < -0.3 is 0 Å². The maximum atomic E-state index is 12.4. The van der Waals surface area contributed by atoms with Crippen LogP contribution in [0.25, 0.3) is 0 Å². The predicted octanol–water partition coefficient (Wildman–Crippen LogP) is 3.92. The topological polar surface area (TPSA) is 34.1 Å². The SMILES string of the molecule is C[C@]12CC[C@H]3[C@@H](CC[C@@]45CC(=O)CC[C@]34C5)[C@@H]1CCC2=O. The molecule has 2 heteroatoms. The highest BCUT2D eigenvalue weighted by molar-refractivity contribution is 5.87. The largest absolute Gasteiger partial charge is 0.300 e. The molecule has 0 aromatic rings. The fraction of sp³-hybridized carbons (Fsp3) is 0.895. The van der Waals surface area contributed by atoms with Crippen molar-refractivity contribution in [3.05, 3.63) is 0 Å². The monoisotopic (exact) mass is 286 g/mol. The first kappa shape index (κ1) is 12.8. The third-order valence-electron chi connectivity index (χ3n) is 8.78. The highest BCUT2D eigenvalue weighted by atomic mass is 16.1. The van der Waals surface area contributed by atoms with Crippen LogP contribution in [0, 0.1) is 34.0 Å². The van der Waals surface area contributed by atoms with E-state index in [4.69, 9.17) is 0 Å². The first-order chi connectivity index (χ1) is 10.0. The summed E-state index contributed by atoms with van der Waals surface area (Å²) in [5.41, 5.74) is 0.952. The minimum atomic E-state index is 0.0111. The highest BCUT2D eigenvalue weighted by Crippen LogP contribution is 2.82. The smallest absolute Gasteiger partial charge is 0.139 e. The molecule has 0 aromatic carbocycles. The zero-order chi connectivity index (χ0) is 14.5. The van der Waals surface area contributed by atoms with E-state index in [0.717, 1.165) is 43.9 Å². The number of fused-ring (bicyclic) bond motifs is 3. The van der Waals surface area contributed by atoms with Crippen LogP contribution >= 0.6 is 0 Å². The molecule has 0 radical (unpaired) electrons. The van der Waals surface area contributed by atoms with Crippen molar-refractivity contribution in [2.45, 2.75) is 71.1 Å². The molecule has 5 saturated carbocycles. The van der Waals surface area contributed by atoms with Gasteiger partial charge in [0.15, 0.2) is 0 Å². The molecule has 0 N–H and O–H groups in total. The molecular weight excluding hydrogens is 260 g/mol. The maximum absolute atomic E-state index is 12.4. The molecule has 0 bridgehead atoms. The van der Waals surface area contributed by atoms with Gasteiger partial charge in [0.05, 0.1) is 0 Å². The lowest BCUT2D eigenvalue weighted by molar-refractivity contribution is -0.134. The van der Waals surface area contributed by atoms with Crippen molar-refractivity contribution in [3.63, 3.8) is 0 Å². The lowest BCUT2D eigenvalue weighted by Gasteiger charge is -2.53. The molecule has 5 rings (SSSR count). The van der Waals surface area contributed by atoms with E-state index in [-0.39, 0.29) is 5.41 Å². The van der Waals surface area contributed by atoms with Gasteiger partial charge >= 0.3 is 0 Å². The Bertz CT molecular complexity index is 552. The zero-order valence-corrected chi connectivity index (χ0v) is 13.1. The summed E-state index contributed by atoms with van der Waals surface area (Å²) in [6.07, 6.45) is 11.2. The van der Waals surface area contributed by atoms with Crippen molar-refractivity contribution in [1.82, 2.24) is 0 Å². The average molecular weight is 286 g/mol. The number of Topliss-reactive ketones (excluding diaryl/α,β-unsaturated/α-hetero) is 2. The lowest BCUT2D eigenvalue weighted by Crippen LogP contribution is -2.48. The molecule has 0 unspecified atom stereocenters. The van der Waals surface area contributed by atoms with Gasteiger partial charge in [0.2, 0.25) is 0 Å². The van der Waals surface area contributed by atoms with Crippen LogP contribution in [0.15, 0.2) is 0 Å². The molecular formula is C19H26O2. The average Bonchev–Trinajstić information content (AvgIpc) is 3.05. The van der Waals surface area contributed by atoms with Crippen LogP contribution < -0.4 is 0 Å². The molecule has 6 atom stereocenters. The van der Waals surface area contributed by atoms with Gasteiger partial charge in [-0.05, 0) is 73.5 Å². The minimum absolute atomic E-state index is 0.0111. The Balaban J connectivity index is 1.50. The molecule has 114 valence electrons. The van der Waals surface area contributed by atoms with Gasteiger partial charge in [-0.25, -0.2) is 0 Å². The predicted molar refractivity (Wildman–Crippen MR) is 79.6 cm³/mol. The molecule has 0 aliphatic heterocycles.